The van der Waals surface area contributed by atoms with Gasteiger partial charge in [0.05, 0.1) is 4.47 Å². The Balaban J connectivity index is 0.00000225. The number of halogens is 3. The summed E-state index contributed by atoms with van der Waals surface area (Å²) >= 11 is 3.11. The second kappa shape index (κ2) is 5.96. The van der Waals surface area contributed by atoms with E-state index in [9.17, 15) is 9.50 Å². The maximum atomic E-state index is 13.7. The molecule has 0 saturated heterocycles. The molecule has 1 aromatic carbocycles. The first-order valence-corrected chi connectivity index (χ1v) is 5.50. The van der Waals surface area contributed by atoms with Crippen molar-refractivity contribution in [3.63, 3.8) is 0 Å². The Labute approximate surface area is 110 Å². The lowest BCUT2D eigenvalue weighted by atomic mass is 9.81. The molecule has 5 heteroatoms. The molecule has 0 spiro atoms. The zero-order valence-electron chi connectivity index (χ0n) is 9.21. The van der Waals surface area contributed by atoms with Crippen molar-refractivity contribution < 1.29 is 9.50 Å². The van der Waals surface area contributed by atoms with Crippen LogP contribution in [0, 0.1) is 11.2 Å². The quantitative estimate of drug-likeness (QED) is 0.901. The van der Waals surface area contributed by atoms with Crippen LogP contribution in [0.3, 0.4) is 0 Å². The molecule has 2 nitrogen and oxygen atoms in total. The fourth-order valence-electron chi connectivity index (χ4n) is 1.28. The zero-order chi connectivity index (χ0) is 11.6. The van der Waals surface area contributed by atoms with E-state index in [4.69, 9.17) is 5.73 Å². The van der Waals surface area contributed by atoms with Gasteiger partial charge < -0.3 is 10.8 Å². The molecule has 16 heavy (non-hydrogen) atoms. The smallest absolute Gasteiger partial charge is 0.142 e. The van der Waals surface area contributed by atoms with Gasteiger partial charge in [0.1, 0.15) is 5.82 Å². The van der Waals surface area contributed by atoms with Gasteiger partial charge in [-0.3, -0.25) is 0 Å². The molecule has 0 aromatic heterocycles. The van der Waals surface area contributed by atoms with Gasteiger partial charge in [-0.25, -0.2) is 4.39 Å². The molecule has 0 aliphatic rings. The van der Waals surface area contributed by atoms with Crippen molar-refractivity contribution in [2.45, 2.75) is 19.9 Å². The van der Waals surface area contributed by atoms with E-state index in [1.54, 1.807) is 32.0 Å². The lowest BCUT2D eigenvalue weighted by Crippen LogP contribution is -2.33. The van der Waals surface area contributed by atoms with Crippen molar-refractivity contribution in [3.05, 3.63) is 34.1 Å². The number of rotatable bonds is 3. The van der Waals surface area contributed by atoms with E-state index in [2.05, 4.69) is 15.9 Å². The molecule has 0 saturated carbocycles. The van der Waals surface area contributed by atoms with Gasteiger partial charge in [-0.05, 0) is 22.0 Å². The van der Waals surface area contributed by atoms with E-state index in [-0.39, 0.29) is 24.8 Å². The Morgan fingerprint density at radius 3 is 2.56 bits per heavy atom. The van der Waals surface area contributed by atoms with Crippen molar-refractivity contribution in [2.24, 2.45) is 11.1 Å². The van der Waals surface area contributed by atoms with Crippen LogP contribution in [0.15, 0.2) is 22.7 Å². The van der Waals surface area contributed by atoms with E-state index in [0.717, 1.165) is 0 Å². The SMILES string of the molecule is CC(C)(CO)[C@H](N)c1cccc(Br)c1F.Cl. The monoisotopic (exact) mass is 311 g/mol. The number of hydrogen-bond donors (Lipinski definition) is 2. The van der Waals surface area contributed by atoms with E-state index >= 15 is 0 Å². The summed E-state index contributed by atoms with van der Waals surface area (Å²) < 4.78 is 14.1. The van der Waals surface area contributed by atoms with Crippen LogP contribution in [-0.2, 0) is 0 Å². The highest BCUT2D eigenvalue weighted by Crippen LogP contribution is 2.33. The minimum atomic E-state index is -0.540. The molecule has 3 N–H and O–H groups in total. The summed E-state index contributed by atoms with van der Waals surface area (Å²) in [6.07, 6.45) is 0. The average molecular weight is 313 g/mol. The van der Waals surface area contributed by atoms with Crippen molar-refractivity contribution in [1.82, 2.24) is 0 Å². The number of nitrogens with two attached hydrogens (primary N) is 1. The molecule has 0 radical (unpaired) electrons. The van der Waals surface area contributed by atoms with E-state index in [0.29, 0.717) is 10.0 Å². The van der Waals surface area contributed by atoms with Crippen LogP contribution in [0.1, 0.15) is 25.5 Å². The van der Waals surface area contributed by atoms with Crippen molar-refractivity contribution in [3.8, 4) is 0 Å². The van der Waals surface area contributed by atoms with Gasteiger partial charge in [-0.15, -0.1) is 12.4 Å². The maximum absolute atomic E-state index is 13.7. The lowest BCUT2D eigenvalue weighted by Gasteiger charge is -2.30. The van der Waals surface area contributed by atoms with Crippen LogP contribution >= 0.6 is 28.3 Å². The van der Waals surface area contributed by atoms with Crippen LogP contribution in [0.2, 0.25) is 0 Å². The van der Waals surface area contributed by atoms with Crippen LogP contribution in [0.4, 0.5) is 4.39 Å². The average Bonchev–Trinajstić information content (AvgIpc) is 2.21. The normalized spacial score (nSPS) is 13.1. The predicted octanol–water partition coefficient (Wildman–Crippen LogP) is 3.03. The molecule has 0 amide bonds. The molecular formula is C11H16BrClFNO. The molecule has 92 valence electrons. The third-order valence-electron chi connectivity index (χ3n) is 2.57. The predicted molar refractivity (Wildman–Crippen MR) is 69.1 cm³/mol. The van der Waals surface area contributed by atoms with Gasteiger partial charge in [-0.2, -0.15) is 0 Å². The first-order valence-electron chi connectivity index (χ1n) is 4.70. The summed E-state index contributed by atoms with van der Waals surface area (Å²) in [5.74, 6) is -0.355. The Hall–Kier alpha value is -0.160. The Morgan fingerprint density at radius 1 is 1.50 bits per heavy atom. The highest BCUT2D eigenvalue weighted by atomic mass is 79.9. The first-order chi connectivity index (χ1) is 6.90. The molecule has 1 aromatic rings. The first kappa shape index (κ1) is 15.8. The van der Waals surface area contributed by atoms with E-state index in [1.807, 2.05) is 0 Å². The van der Waals surface area contributed by atoms with Gasteiger partial charge in [0.25, 0.3) is 0 Å². The van der Waals surface area contributed by atoms with Crippen LogP contribution in [0.5, 0.6) is 0 Å². The van der Waals surface area contributed by atoms with Crippen molar-refractivity contribution in [2.75, 3.05) is 6.61 Å². The van der Waals surface area contributed by atoms with Crippen LogP contribution in [-0.4, -0.2) is 11.7 Å². The van der Waals surface area contributed by atoms with Gasteiger partial charge >= 0.3 is 0 Å². The summed E-state index contributed by atoms with van der Waals surface area (Å²) in [7, 11) is 0. The second-order valence-electron chi connectivity index (χ2n) is 4.27. The minimum Gasteiger partial charge on any atom is -0.396 e. The molecule has 0 bridgehead atoms. The zero-order valence-corrected chi connectivity index (χ0v) is 11.6. The summed E-state index contributed by atoms with van der Waals surface area (Å²) in [5, 5.41) is 9.17. The van der Waals surface area contributed by atoms with Crippen LogP contribution < -0.4 is 5.73 Å². The maximum Gasteiger partial charge on any atom is 0.142 e. The van der Waals surface area contributed by atoms with Crippen molar-refractivity contribution in [1.29, 1.82) is 0 Å². The summed E-state index contributed by atoms with van der Waals surface area (Å²) in [5.41, 5.74) is 5.81. The largest absolute Gasteiger partial charge is 0.396 e. The summed E-state index contributed by atoms with van der Waals surface area (Å²) in [4.78, 5) is 0. The van der Waals surface area contributed by atoms with E-state index < -0.39 is 11.5 Å². The van der Waals surface area contributed by atoms with Crippen LogP contribution in [0.25, 0.3) is 0 Å². The molecule has 0 aliphatic heterocycles. The Kier molecular flexibility index (Phi) is 5.90. The number of aliphatic hydroxyl groups excluding tert-OH is 1. The van der Waals surface area contributed by atoms with Gasteiger partial charge in [-0.1, -0.05) is 26.0 Å². The summed E-state index contributed by atoms with van der Waals surface area (Å²) in [6.45, 7) is 3.52. The van der Waals surface area contributed by atoms with Gasteiger partial charge in [0.2, 0.25) is 0 Å². The molecule has 0 heterocycles. The third-order valence-corrected chi connectivity index (χ3v) is 3.18. The fourth-order valence-corrected chi connectivity index (χ4v) is 1.66. The van der Waals surface area contributed by atoms with Crippen molar-refractivity contribution >= 4 is 28.3 Å². The topological polar surface area (TPSA) is 46.2 Å². The highest BCUT2D eigenvalue weighted by molar-refractivity contribution is 9.10. The third kappa shape index (κ3) is 3.17. The standard InChI is InChI=1S/C11H15BrFNO.ClH/c1-11(2,6-15)10(14)7-4-3-5-8(12)9(7)13;/h3-5,10,15H,6,14H2,1-2H3;1H/t10-;/m1./s1. The molecule has 1 atom stereocenters. The Bertz CT molecular complexity index is 360. The molecule has 0 unspecified atom stereocenters. The molecular weight excluding hydrogens is 296 g/mol. The minimum absolute atomic E-state index is 0. The molecule has 0 fully saturated rings. The lowest BCUT2D eigenvalue weighted by molar-refractivity contribution is 0.130. The van der Waals surface area contributed by atoms with Gasteiger partial charge in [0, 0.05) is 23.6 Å². The number of hydrogen-bond acceptors (Lipinski definition) is 2. The number of benzene rings is 1. The van der Waals surface area contributed by atoms with Gasteiger partial charge in [0.15, 0.2) is 0 Å². The Morgan fingerprint density at radius 2 is 2.06 bits per heavy atom. The second-order valence-corrected chi connectivity index (χ2v) is 5.12. The number of aliphatic hydroxyl groups is 1. The fraction of sp³-hybridized carbons (Fsp3) is 0.455. The summed E-state index contributed by atoms with van der Waals surface area (Å²) in [6, 6.07) is 4.47. The molecule has 1 rings (SSSR count). The molecule has 0 aliphatic carbocycles. The van der Waals surface area contributed by atoms with E-state index in [1.165, 1.54) is 0 Å². The highest BCUT2D eigenvalue weighted by Gasteiger charge is 2.29.